The number of fused-ring (bicyclic) bond motifs is 2. The molecule has 0 saturated heterocycles. The third kappa shape index (κ3) is 3.17. The van der Waals surface area contributed by atoms with Gasteiger partial charge in [-0.2, -0.15) is 0 Å². The summed E-state index contributed by atoms with van der Waals surface area (Å²) in [6.45, 7) is 0. The number of anilines is 1. The average molecular weight is 439 g/mol. The third-order valence-electron chi connectivity index (χ3n) is 4.80. The standard InChI is InChI=1S/C21H11ClN2O7/c22-10-3-1-9(2-4-10)21(29)23-11-5-7-13(25)17-15(11)19(27)18-14(26)8-6-12(24(30)31)16(18)20(17)28/h1-8,25-26H,(H,23,29). The van der Waals surface area contributed by atoms with E-state index in [1.165, 1.54) is 30.3 Å². The number of carbonyl (C=O) groups is 3. The highest BCUT2D eigenvalue weighted by Gasteiger charge is 2.41. The molecule has 1 aliphatic rings. The van der Waals surface area contributed by atoms with E-state index < -0.39 is 56.3 Å². The van der Waals surface area contributed by atoms with Gasteiger partial charge < -0.3 is 15.5 Å². The molecule has 10 heteroatoms. The molecular formula is C21H11ClN2O7. The number of benzene rings is 3. The Kier molecular flexibility index (Phi) is 4.67. The number of nitro benzene ring substituents is 1. The van der Waals surface area contributed by atoms with Crippen LogP contribution in [0.5, 0.6) is 11.5 Å². The highest BCUT2D eigenvalue weighted by atomic mass is 35.5. The van der Waals surface area contributed by atoms with Gasteiger partial charge in [-0.15, -0.1) is 0 Å². The zero-order valence-electron chi connectivity index (χ0n) is 15.4. The molecular weight excluding hydrogens is 428 g/mol. The second kappa shape index (κ2) is 7.22. The summed E-state index contributed by atoms with van der Waals surface area (Å²) < 4.78 is 0. The third-order valence-corrected chi connectivity index (χ3v) is 5.06. The molecule has 0 heterocycles. The van der Waals surface area contributed by atoms with Gasteiger partial charge >= 0.3 is 0 Å². The number of phenols is 2. The Balaban J connectivity index is 1.88. The number of ketones is 2. The topological polar surface area (TPSA) is 147 Å². The van der Waals surface area contributed by atoms with Crippen molar-refractivity contribution in [2.24, 2.45) is 0 Å². The second-order valence-corrected chi connectivity index (χ2v) is 7.05. The molecule has 0 radical (unpaired) electrons. The summed E-state index contributed by atoms with van der Waals surface area (Å²) in [5, 5.41) is 34.7. The average Bonchev–Trinajstić information content (AvgIpc) is 2.73. The lowest BCUT2D eigenvalue weighted by Crippen LogP contribution is -2.25. The van der Waals surface area contributed by atoms with Gasteiger partial charge in [-0.25, -0.2) is 0 Å². The van der Waals surface area contributed by atoms with Crippen LogP contribution in [0.2, 0.25) is 5.02 Å². The van der Waals surface area contributed by atoms with Crippen molar-refractivity contribution in [1.82, 2.24) is 0 Å². The van der Waals surface area contributed by atoms with E-state index in [1.807, 2.05) is 0 Å². The second-order valence-electron chi connectivity index (χ2n) is 6.61. The minimum absolute atomic E-state index is 0.109. The molecule has 0 bridgehead atoms. The number of nitrogens with zero attached hydrogens (tertiary/aromatic N) is 1. The Morgan fingerprint density at radius 3 is 2.00 bits per heavy atom. The van der Waals surface area contributed by atoms with Crippen LogP contribution in [0.1, 0.15) is 42.2 Å². The molecule has 1 amide bonds. The summed E-state index contributed by atoms with van der Waals surface area (Å²) >= 11 is 5.81. The molecule has 0 atom stereocenters. The fraction of sp³-hybridized carbons (Fsp3) is 0. The number of hydrogen-bond donors (Lipinski definition) is 3. The van der Waals surface area contributed by atoms with Crippen LogP contribution in [-0.4, -0.2) is 32.6 Å². The number of nitro groups is 1. The van der Waals surface area contributed by atoms with Crippen LogP contribution in [-0.2, 0) is 0 Å². The Labute approximate surface area is 178 Å². The van der Waals surface area contributed by atoms with E-state index in [2.05, 4.69) is 5.32 Å². The van der Waals surface area contributed by atoms with Crippen molar-refractivity contribution >= 4 is 40.4 Å². The highest BCUT2D eigenvalue weighted by Crippen LogP contribution is 2.42. The molecule has 4 rings (SSSR count). The number of hydrogen-bond acceptors (Lipinski definition) is 7. The highest BCUT2D eigenvalue weighted by molar-refractivity contribution is 6.33. The molecule has 3 aromatic carbocycles. The van der Waals surface area contributed by atoms with Gasteiger partial charge in [0.2, 0.25) is 11.6 Å². The van der Waals surface area contributed by atoms with Gasteiger partial charge in [0.05, 0.1) is 27.3 Å². The van der Waals surface area contributed by atoms with Crippen molar-refractivity contribution in [3.63, 3.8) is 0 Å². The van der Waals surface area contributed by atoms with E-state index in [0.717, 1.165) is 18.2 Å². The van der Waals surface area contributed by atoms with Gasteiger partial charge in [0.25, 0.3) is 11.6 Å². The molecule has 0 fully saturated rings. The maximum Gasteiger partial charge on any atom is 0.281 e. The predicted octanol–water partition coefficient (Wildman–Crippen LogP) is 3.69. The molecule has 0 unspecified atom stereocenters. The van der Waals surface area contributed by atoms with Crippen LogP contribution in [0.3, 0.4) is 0 Å². The summed E-state index contributed by atoms with van der Waals surface area (Å²) in [5.41, 5.74) is -2.66. The molecule has 31 heavy (non-hydrogen) atoms. The van der Waals surface area contributed by atoms with Gasteiger partial charge in [-0.3, -0.25) is 24.5 Å². The SMILES string of the molecule is O=C(Nc1ccc(O)c2c1C(=O)c1c(O)ccc([N+](=O)[O-])c1C2=O)c1ccc(Cl)cc1. The Hall–Kier alpha value is -4.24. The largest absolute Gasteiger partial charge is 0.507 e. The van der Waals surface area contributed by atoms with Gasteiger partial charge in [0, 0.05) is 16.7 Å². The minimum Gasteiger partial charge on any atom is -0.507 e. The first kappa shape index (κ1) is 20.0. The monoisotopic (exact) mass is 438 g/mol. The lowest BCUT2D eigenvalue weighted by molar-refractivity contribution is -0.385. The van der Waals surface area contributed by atoms with Crippen molar-refractivity contribution in [3.8, 4) is 11.5 Å². The van der Waals surface area contributed by atoms with Gasteiger partial charge in [0.15, 0.2) is 0 Å². The smallest absolute Gasteiger partial charge is 0.281 e. The van der Waals surface area contributed by atoms with Crippen LogP contribution in [0.25, 0.3) is 0 Å². The first-order chi connectivity index (χ1) is 14.7. The summed E-state index contributed by atoms with van der Waals surface area (Å²) in [7, 11) is 0. The maximum atomic E-state index is 13.2. The molecule has 9 nitrogen and oxygen atoms in total. The quantitative estimate of drug-likeness (QED) is 0.251. The zero-order valence-corrected chi connectivity index (χ0v) is 16.1. The van der Waals surface area contributed by atoms with E-state index in [9.17, 15) is 34.7 Å². The van der Waals surface area contributed by atoms with E-state index in [0.29, 0.717) is 5.02 Å². The van der Waals surface area contributed by atoms with Crippen molar-refractivity contribution in [2.75, 3.05) is 5.32 Å². The van der Waals surface area contributed by atoms with Gasteiger partial charge in [-0.1, -0.05) is 11.6 Å². The van der Waals surface area contributed by atoms with Gasteiger partial charge in [-0.05, 0) is 42.5 Å². The van der Waals surface area contributed by atoms with E-state index in [1.54, 1.807) is 0 Å². The van der Waals surface area contributed by atoms with E-state index >= 15 is 0 Å². The van der Waals surface area contributed by atoms with Crippen molar-refractivity contribution in [1.29, 1.82) is 0 Å². The number of carbonyl (C=O) groups excluding carboxylic acids is 3. The molecule has 0 spiro atoms. The maximum absolute atomic E-state index is 13.2. The summed E-state index contributed by atoms with van der Waals surface area (Å²) in [5.74, 6) is -3.83. The van der Waals surface area contributed by atoms with Crippen molar-refractivity contribution in [3.05, 3.63) is 91.5 Å². The Bertz CT molecular complexity index is 1320. The molecule has 0 saturated carbocycles. The molecule has 154 valence electrons. The number of aromatic hydroxyl groups is 2. The zero-order chi connectivity index (χ0) is 22.4. The lowest BCUT2D eigenvalue weighted by atomic mass is 9.81. The first-order valence-corrected chi connectivity index (χ1v) is 9.11. The number of phenolic OH excluding ortho intramolecular Hbond substituents is 2. The summed E-state index contributed by atoms with van der Waals surface area (Å²) in [4.78, 5) is 49.3. The first-order valence-electron chi connectivity index (χ1n) is 8.73. The molecule has 0 aromatic heterocycles. The summed E-state index contributed by atoms with van der Waals surface area (Å²) in [6, 6.07) is 10.0. The summed E-state index contributed by atoms with van der Waals surface area (Å²) in [6.07, 6.45) is 0. The fourth-order valence-electron chi connectivity index (χ4n) is 3.40. The fourth-order valence-corrected chi connectivity index (χ4v) is 3.53. The normalized spacial score (nSPS) is 12.2. The van der Waals surface area contributed by atoms with Gasteiger partial charge in [0.1, 0.15) is 17.1 Å². The van der Waals surface area contributed by atoms with Crippen LogP contribution >= 0.6 is 11.6 Å². The molecule has 0 aliphatic heterocycles. The van der Waals surface area contributed by atoms with Crippen molar-refractivity contribution in [2.45, 2.75) is 0 Å². The van der Waals surface area contributed by atoms with Crippen molar-refractivity contribution < 1.29 is 29.5 Å². The van der Waals surface area contributed by atoms with Crippen LogP contribution in [0.4, 0.5) is 11.4 Å². The predicted molar refractivity (Wildman–Crippen MR) is 109 cm³/mol. The van der Waals surface area contributed by atoms with E-state index in [4.69, 9.17) is 11.6 Å². The van der Waals surface area contributed by atoms with Crippen LogP contribution < -0.4 is 5.32 Å². The van der Waals surface area contributed by atoms with E-state index in [-0.39, 0.29) is 16.8 Å². The Morgan fingerprint density at radius 1 is 0.839 bits per heavy atom. The van der Waals surface area contributed by atoms with Crippen LogP contribution in [0.15, 0.2) is 48.5 Å². The Morgan fingerprint density at radius 2 is 1.39 bits per heavy atom. The molecule has 3 aromatic rings. The van der Waals surface area contributed by atoms with Crippen LogP contribution in [0, 0.1) is 10.1 Å². The number of amides is 1. The number of halogens is 1. The molecule has 3 N–H and O–H groups in total. The number of rotatable bonds is 3. The lowest BCUT2D eigenvalue weighted by Gasteiger charge is -2.21. The number of nitrogens with one attached hydrogen (secondary N) is 1. The molecule has 1 aliphatic carbocycles. The minimum atomic E-state index is -1.02.